The molecule has 5 nitrogen and oxygen atoms in total. The summed E-state index contributed by atoms with van der Waals surface area (Å²) in [4.78, 5) is 24.0. The van der Waals surface area contributed by atoms with Crippen LogP contribution in [0.4, 0.5) is 0 Å². The number of fused-ring (bicyclic) bond motifs is 3. The first-order chi connectivity index (χ1) is 11.1. The molecule has 4 rings (SSSR count). The molecule has 0 bridgehead atoms. The van der Waals surface area contributed by atoms with E-state index in [2.05, 4.69) is 9.97 Å². The summed E-state index contributed by atoms with van der Waals surface area (Å²) >= 11 is 1.69. The van der Waals surface area contributed by atoms with Gasteiger partial charge in [0.25, 0.3) is 5.56 Å². The zero-order chi connectivity index (χ0) is 16.0. The minimum Gasteiger partial charge on any atom is -0.444 e. The first-order valence-electron chi connectivity index (χ1n) is 8.06. The van der Waals surface area contributed by atoms with Crippen LogP contribution >= 0.6 is 11.3 Å². The summed E-state index contributed by atoms with van der Waals surface area (Å²) in [6.07, 6.45) is 7.30. The Balaban J connectivity index is 1.81. The second-order valence-electron chi connectivity index (χ2n) is 6.17. The zero-order valence-electron chi connectivity index (χ0n) is 13.4. The Morgan fingerprint density at radius 1 is 1.26 bits per heavy atom. The van der Waals surface area contributed by atoms with Crippen molar-refractivity contribution in [1.82, 2.24) is 14.5 Å². The predicted molar refractivity (Wildman–Crippen MR) is 90.2 cm³/mol. The molecule has 0 aromatic carbocycles. The molecule has 23 heavy (non-hydrogen) atoms. The lowest BCUT2D eigenvalue weighted by Crippen LogP contribution is -2.21. The van der Waals surface area contributed by atoms with Crippen molar-refractivity contribution >= 4 is 21.6 Å². The lowest BCUT2D eigenvalue weighted by atomic mass is 10.1. The molecule has 0 aliphatic heterocycles. The standard InChI is InChI=1S/C17H19N3O2S/c1-10-11(2)22-14(19-10)8-20-9-18-16-15(17(20)21)12-6-4-3-5-7-13(12)23-16/h9H,3-8H2,1-2H3. The van der Waals surface area contributed by atoms with Crippen LogP contribution in [0.5, 0.6) is 0 Å². The van der Waals surface area contributed by atoms with E-state index in [0.717, 1.165) is 40.9 Å². The Bertz CT molecular complexity index is 916. The van der Waals surface area contributed by atoms with E-state index in [1.54, 1.807) is 22.2 Å². The van der Waals surface area contributed by atoms with Gasteiger partial charge in [-0.2, -0.15) is 0 Å². The van der Waals surface area contributed by atoms with Gasteiger partial charge in [-0.3, -0.25) is 9.36 Å². The van der Waals surface area contributed by atoms with Gasteiger partial charge in [0.15, 0.2) is 0 Å². The van der Waals surface area contributed by atoms with Gasteiger partial charge in [0, 0.05) is 4.88 Å². The topological polar surface area (TPSA) is 60.9 Å². The molecular weight excluding hydrogens is 310 g/mol. The fraction of sp³-hybridized carbons (Fsp3) is 0.471. The van der Waals surface area contributed by atoms with E-state index in [0.29, 0.717) is 12.4 Å². The van der Waals surface area contributed by atoms with Gasteiger partial charge in [-0.05, 0) is 45.1 Å². The Kier molecular flexibility index (Phi) is 3.56. The van der Waals surface area contributed by atoms with Crippen LogP contribution in [0.1, 0.15) is 47.0 Å². The average Bonchev–Trinajstić information content (AvgIpc) is 2.93. The number of aromatic nitrogens is 3. The first kappa shape index (κ1) is 14.6. The van der Waals surface area contributed by atoms with E-state index in [1.165, 1.54) is 23.3 Å². The maximum atomic E-state index is 12.9. The number of rotatable bonds is 2. The van der Waals surface area contributed by atoms with Crippen molar-refractivity contribution in [3.63, 3.8) is 0 Å². The third kappa shape index (κ3) is 2.51. The van der Waals surface area contributed by atoms with E-state index < -0.39 is 0 Å². The monoisotopic (exact) mass is 329 g/mol. The Morgan fingerprint density at radius 3 is 2.87 bits per heavy atom. The van der Waals surface area contributed by atoms with Gasteiger partial charge >= 0.3 is 0 Å². The van der Waals surface area contributed by atoms with Crippen LogP contribution in [0.25, 0.3) is 10.2 Å². The molecular formula is C17H19N3O2S. The minimum absolute atomic E-state index is 0.0305. The van der Waals surface area contributed by atoms with Gasteiger partial charge in [0.05, 0.1) is 17.4 Å². The highest BCUT2D eigenvalue weighted by molar-refractivity contribution is 7.18. The molecule has 0 fully saturated rings. The van der Waals surface area contributed by atoms with Gasteiger partial charge in [0.2, 0.25) is 5.89 Å². The summed E-state index contributed by atoms with van der Waals surface area (Å²) < 4.78 is 7.22. The number of aryl methyl sites for hydroxylation is 4. The molecule has 3 aromatic rings. The third-order valence-electron chi connectivity index (χ3n) is 4.57. The molecule has 0 saturated heterocycles. The van der Waals surface area contributed by atoms with Crippen molar-refractivity contribution in [1.29, 1.82) is 0 Å². The molecule has 6 heteroatoms. The number of nitrogens with zero attached hydrogens (tertiary/aromatic N) is 3. The van der Waals surface area contributed by atoms with Crippen LogP contribution in [-0.2, 0) is 19.4 Å². The second-order valence-corrected chi connectivity index (χ2v) is 7.26. The van der Waals surface area contributed by atoms with Crippen molar-refractivity contribution in [3.8, 4) is 0 Å². The van der Waals surface area contributed by atoms with Crippen LogP contribution in [0, 0.1) is 13.8 Å². The summed E-state index contributed by atoms with van der Waals surface area (Å²) in [5, 5.41) is 0.814. The van der Waals surface area contributed by atoms with Crippen molar-refractivity contribution in [3.05, 3.63) is 44.5 Å². The lowest BCUT2D eigenvalue weighted by molar-refractivity contribution is 0.453. The van der Waals surface area contributed by atoms with E-state index in [1.807, 2.05) is 13.8 Å². The van der Waals surface area contributed by atoms with Crippen molar-refractivity contribution in [2.75, 3.05) is 0 Å². The van der Waals surface area contributed by atoms with E-state index in [9.17, 15) is 4.79 Å². The molecule has 0 spiro atoms. The van der Waals surface area contributed by atoms with E-state index in [4.69, 9.17) is 4.42 Å². The number of hydrogen-bond donors (Lipinski definition) is 0. The van der Waals surface area contributed by atoms with Crippen molar-refractivity contribution in [2.45, 2.75) is 52.5 Å². The molecule has 1 aliphatic rings. The van der Waals surface area contributed by atoms with Crippen molar-refractivity contribution in [2.24, 2.45) is 0 Å². The fourth-order valence-corrected chi connectivity index (χ4v) is 4.44. The number of oxazole rings is 1. The number of hydrogen-bond acceptors (Lipinski definition) is 5. The molecule has 120 valence electrons. The molecule has 0 atom stereocenters. The highest BCUT2D eigenvalue weighted by atomic mass is 32.1. The average molecular weight is 329 g/mol. The summed E-state index contributed by atoms with van der Waals surface area (Å²) in [6.45, 7) is 4.13. The lowest BCUT2D eigenvalue weighted by Gasteiger charge is -2.03. The Hall–Kier alpha value is -1.95. The van der Waals surface area contributed by atoms with Crippen LogP contribution < -0.4 is 5.56 Å². The van der Waals surface area contributed by atoms with Gasteiger partial charge in [-0.25, -0.2) is 9.97 Å². The summed E-state index contributed by atoms with van der Waals surface area (Å²) in [6, 6.07) is 0. The summed E-state index contributed by atoms with van der Waals surface area (Å²) in [5.74, 6) is 1.36. The highest BCUT2D eigenvalue weighted by Crippen LogP contribution is 2.32. The fourth-order valence-electron chi connectivity index (χ4n) is 3.22. The van der Waals surface area contributed by atoms with Gasteiger partial charge in [-0.15, -0.1) is 11.3 Å². The molecule has 0 N–H and O–H groups in total. The molecule has 1 aliphatic carbocycles. The van der Waals surface area contributed by atoms with Crippen LogP contribution in [0.3, 0.4) is 0 Å². The molecule has 0 amide bonds. The van der Waals surface area contributed by atoms with E-state index >= 15 is 0 Å². The van der Waals surface area contributed by atoms with Crippen LogP contribution in [0.2, 0.25) is 0 Å². The highest BCUT2D eigenvalue weighted by Gasteiger charge is 2.19. The van der Waals surface area contributed by atoms with Crippen molar-refractivity contribution < 1.29 is 4.42 Å². The Morgan fingerprint density at radius 2 is 2.09 bits per heavy atom. The second kappa shape index (κ2) is 5.60. The zero-order valence-corrected chi connectivity index (χ0v) is 14.2. The summed E-state index contributed by atoms with van der Waals surface area (Å²) in [5.41, 5.74) is 2.13. The molecule has 0 radical (unpaired) electrons. The third-order valence-corrected chi connectivity index (χ3v) is 5.77. The summed E-state index contributed by atoms with van der Waals surface area (Å²) in [7, 11) is 0. The normalized spacial score (nSPS) is 14.9. The molecule has 0 unspecified atom stereocenters. The first-order valence-corrected chi connectivity index (χ1v) is 8.87. The largest absolute Gasteiger partial charge is 0.444 e. The van der Waals surface area contributed by atoms with Gasteiger partial charge in [0.1, 0.15) is 17.1 Å². The molecule has 0 saturated carbocycles. The molecule has 3 aromatic heterocycles. The minimum atomic E-state index is 0.0305. The quantitative estimate of drug-likeness (QED) is 0.676. The SMILES string of the molecule is Cc1nc(Cn2cnc3sc4c(c3c2=O)CCCCC4)oc1C. The Labute approximate surface area is 138 Å². The van der Waals surface area contributed by atoms with Gasteiger partial charge in [-0.1, -0.05) is 6.42 Å². The maximum Gasteiger partial charge on any atom is 0.262 e. The molecule has 3 heterocycles. The maximum absolute atomic E-state index is 12.9. The van der Waals surface area contributed by atoms with Crippen LogP contribution in [0.15, 0.2) is 15.5 Å². The van der Waals surface area contributed by atoms with E-state index in [-0.39, 0.29) is 5.56 Å². The van der Waals surface area contributed by atoms with Gasteiger partial charge < -0.3 is 4.42 Å². The predicted octanol–water partition coefficient (Wildman–Crippen LogP) is 3.38. The van der Waals surface area contributed by atoms with Crippen LogP contribution in [-0.4, -0.2) is 14.5 Å². The smallest absolute Gasteiger partial charge is 0.262 e. The number of thiophene rings is 1.